The van der Waals surface area contributed by atoms with Crippen LogP contribution in [0.15, 0.2) is 42.5 Å². The van der Waals surface area contributed by atoms with Gasteiger partial charge in [-0.15, -0.1) is 0 Å². The van der Waals surface area contributed by atoms with E-state index < -0.39 is 0 Å². The number of methoxy groups -OCH3 is 2. The molecule has 1 atom stereocenters. The Morgan fingerprint density at radius 3 is 2.64 bits per heavy atom. The number of hydrogen-bond donors (Lipinski definition) is 2. The van der Waals surface area contributed by atoms with Crippen molar-refractivity contribution >= 4 is 16.8 Å². The lowest BCUT2D eigenvalue weighted by atomic mass is 10.1. The van der Waals surface area contributed by atoms with E-state index in [4.69, 9.17) is 9.47 Å². The monoisotopic (exact) mass is 336 g/mol. The fourth-order valence-electron chi connectivity index (χ4n) is 3.51. The molecule has 5 heteroatoms. The van der Waals surface area contributed by atoms with Gasteiger partial charge in [-0.05, 0) is 48.2 Å². The average Bonchev–Trinajstić information content (AvgIpc) is 3.24. The summed E-state index contributed by atoms with van der Waals surface area (Å²) >= 11 is 0. The van der Waals surface area contributed by atoms with E-state index in [0.717, 1.165) is 35.1 Å². The molecule has 2 aromatic carbocycles. The van der Waals surface area contributed by atoms with Gasteiger partial charge in [0.15, 0.2) is 11.5 Å². The van der Waals surface area contributed by atoms with Gasteiger partial charge in [-0.1, -0.05) is 18.2 Å². The number of hydrogen-bond acceptors (Lipinski definition) is 3. The van der Waals surface area contributed by atoms with Crippen molar-refractivity contribution in [3.63, 3.8) is 0 Å². The van der Waals surface area contributed by atoms with Gasteiger partial charge < -0.3 is 19.8 Å². The quantitative estimate of drug-likeness (QED) is 0.765. The largest absolute Gasteiger partial charge is 0.493 e. The first-order valence-electron chi connectivity index (χ1n) is 8.33. The predicted octanol–water partition coefficient (Wildman–Crippen LogP) is 3.60. The second-order valence-corrected chi connectivity index (χ2v) is 6.24. The molecule has 1 aromatic heterocycles. The number of nitrogens with one attached hydrogen (secondary N) is 2. The highest BCUT2D eigenvalue weighted by Gasteiger charge is 2.27. The summed E-state index contributed by atoms with van der Waals surface area (Å²) in [5, 5.41) is 4.17. The molecule has 128 valence electrons. The number of amides is 1. The van der Waals surface area contributed by atoms with E-state index in [-0.39, 0.29) is 11.9 Å². The van der Waals surface area contributed by atoms with Crippen LogP contribution in [0.4, 0.5) is 0 Å². The summed E-state index contributed by atoms with van der Waals surface area (Å²) in [5.74, 6) is 1.32. The summed E-state index contributed by atoms with van der Waals surface area (Å²) in [6.07, 6.45) is 1.78. The highest BCUT2D eigenvalue weighted by atomic mass is 16.5. The molecule has 1 aliphatic carbocycles. The number of fused-ring (bicyclic) bond motifs is 2. The maximum absolute atomic E-state index is 12.7. The highest BCUT2D eigenvalue weighted by Crippen LogP contribution is 2.39. The highest BCUT2D eigenvalue weighted by molar-refractivity contribution is 5.98. The van der Waals surface area contributed by atoms with Crippen LogP contribution in [0.5, 0.6) is 11.5 Å². The standard InChI is InChI=1S/C20H20N2O3/c1-24-18-10-12-7-8-16(14(12)11-19(18)25-2)22-20(23)17-9-13-5-3-4-6-15(13)21-17/h3-6,9-11,16,21H,7-8H2,1-2H3,(H,22,23)/t16-/m1/s1. The number of carbonyl (C=O) groups is 1. The summed E-state index contributed by atoms with van der Waals surface area (Å²) in [4.78, 5) is 15.8. The van der Waals surface area contributed by atoms with Crippen molar-refractivity contribution < 1.29 is 14.3 Å². The van der Waals surface area contributed by atoms with Crippen LogP contribution in [0.3, 0.4) is 0 Å². The maximum Gasteiger partial charge on any atom is 0.268 e. The topological polar surface area (TPSA) is 63.4 Å². The van der Waals surface area contributed by atoms with Crippen molar-refractivity contribution in [3.8, 4) is 11.5 Å². The van der Waals surface area contributed by atoms with Gasteiger partial charge in [-0.25, -0.2) is 0 Å². The van der Waals surface area contributed by atoms with Crippen molar-refractivity contribution in [3.05, 3.63) is 59.3 Å². The number of para-hydroxylation sites is 1. The van der Waals surface area contributed by atoms with Gasteiger partial charge in [0.05, 0.1) is 20.3 Å². The number of rotatable bonds is 4. The van der Waals surface area contributed by atoms with E-state index in [1.54, 1.807) is 14.2 Å². The summed E-state index contributed by atoms with van der Waals surface area (Å²) in [6.45, 7) is 0. The van der Waals surface area contributed by atoms with E-state index in [2.05, 4.69) is 10.3 Å². The molecule has 0 radical (unpaired) electrons. The fourth-order valence-corrected chi connectivity index (χ4v) is 3.51. The lowest BCUT2D eigenvalue weighted by Gasteiger charge is -2.16. The van der Waals surface area contributed by atoms with Gasteiger partial charge in [0.25, 0.3) is 5.91 Å². The van der Waals surface area contributed by atoms with Crippen molar-refractivity contribution in [1.29, 1.82) is 0 Å². The van der Waals surface area contributed by atoms with Crippen molar-refractivity contribution in [1.82, 2.24) is 10.3 Å². The van der Waals surface area contributed by atoms with Crippen LogP contribution in [0.25, 0.3) is 10.9 Å². The third kappa shape index (κ3) is 2.71. The molecule has 1 amide bonds. The second kappa shape index (κ2) is 6.16. The molecule has 1 heterocycles. The second-order valence-electron chi connectivity index (χ2n) is 6.24. The summed E-state index contributed by atoms with van der Waals surface area (Å²) in [7, 11) is 3.26. The first kappa shape index (κ1) is 15.6. The minimum atomic E-state index is -0.0937. The van der Waals surface area contributed by atoms with Crippen LogP contribution >= 0.6 is 0 Å². The van der Waals surface area contributed by atoms with Gasteiger partial charge in [0.1, 0.15) is 5.69 Å². The molecule has 0 saturated carbocycles. The molecule has 0 fully saturated rings. The van der Waals surface area contributed by atoms with E-state index in [0.29, 0.717) is 11.4 Å². The number of aromatic nitrogens is 1. The van der Waals surface area contributed by atoms with Gasteiger partial charge >= 0.3 is 0 Å². The Bertz CT molecular complexity index is 912. The normalized spacial score (nSPS) is 15.8. The van der Waals surface area contributed by atoms with Gasteiger partial charge in [-0.3, -0.25) is 4.79 Å². The lowest BCUT2D eigenvalue weighted by Crippen LogP contribution is -2.27. The number of H-pyrrole nitrogens is 1. The molecule has 2 N–H and O–H groups in total. The average molecular weight is 336 g/mol. The third-order valence-electron chi connectivity index (χ3n) is 4.80. The Morgan fingerprint density at radius 1 is 1.12 bits per heavy atom. The molecule has 1 aliphatic rings. The number of ether oxygens (including phenoxy) is 2. The Labute approximate surface area is 146 Å². The molecule has 4 rings (SSSR count). The maximum atomic E-state index is 12.7. The molecule has 0 saturated heterocycles. The zero-order chi connectivity index (χ0) is 17.4. The van der Waals surface area contributed by atoms with Gasteiger partial charge in [0, 0.05) is 10.9 Å². The third-order valence-corrected chi connectivity index (χ3v) is 4.80. The fraction of sp³-hybridized carbons (Fsp3) is 0.250. The minimum absolute atomic E-state index is 0.0197. The molecule has 5 nitrogen and oxygen atoms in total. The zero-order valence-electron chi connectivity index (χ0n) is 14.3. The number of aryl methyl sites for hydroxylation is 1. The Balaban J connectivity index is 1.59. The Hall–Kier alpha value is -2.95. The Morgan fingerprint density at radius 2 is 1.88 bits per heavy atom. The summed E-state index contributed by atoms with van der Waals surface area (Å²) in [5.41, 5.74) is 3.84. The van der Waals surface area contributed by atoms with Gasteiger partial charge in [0.2, 0.25) is 0 Å². The molecular formula is C20H20N2O3. The SMILES string of the molecule is COc1cc2c(cc1OC)[C@H](NC(=O)c1cc3ccccc3[nH]1)CC2. The molecule has 0 aliphatic heterocycles. The molecule has 0 spiro atoms. The molecule has 0 bridgehead atoms. The summed E-state index contributed by atoms with van der Waals surface area (Å²) in [6, 6.07) is 13.7. The Kier molecular flexibility index (Phi) is 3.84. The van der Waals surface area contributed by atoms with Gasteiger partial charge in [-0.2, -0.15) is 0 Å². The molecule has 0 unspecified atom stereocenters. The molecular weight excluding hydrogens is 316 g/mol. The smallest absolute Gasteiger partial charge is 0.268 e. The van der Waals surface area contributed by atoms with Crippen LogP contribution in [0, 0.1) is 0 Å². The van der Waals surface area contributed by atoms with Crippen LogP contribution < -0.4 is 14.8 Å². The lowest BCUT2D eigenvalue weighted by molar-refractivity contribution is 0.0932. The van der Waals surface area contributed by atoms with Crippen molar-refractivity contribution in [2.45, 2.75) is 18.9 Å². The molecule has 25 heavy (non-hydrogen) atoms. The summed E-state index contributed by atoms with van der Waals surface area (Å²) < 4.78 is 10.8. The molecule has 3 aromatic rings. The zero-order valence-corrected chi connectivity index (χ0v) is 14.3. The first-order valence-corrected chi connectivity index (χ1v) is 8.33. The van der Waals surface area contributed by atoms with E-state index in [1.165, 1.54) is 5.56 Å². The van der Waals surface area contributed by atoms with Crippen molar-refractivity contribution in [2.75, 3.05) is 14.2 Å². The van der Waals surface area contributed by atoms with Crippen molar-refractivity contribution in [2.24, 2.45) is 0 Å². The van der Waals surface area contributed by atoms with E-state index in [1.807, 2.05) is 42.5 Å². The van der Waals surface area contributed by atoms with E-state index >= 15 is 0 Å². The predicted molar refractivity (Wildman–Crippen MR) is 96.4 cm³/mol. The van der Waals surface area contributed by atoms with Crippen LogP contribution in [-0.2, 0) is 6.42 Å². The van der Waals surface area contributed by atoms with Crippen LogP contribution in [-0.4, -0.2) is 25.1 Å². The minimum Gasteiger partial charge on any atom is -0.493 e. The first-order chi connectivity index (χ1) is 12.2. The number of carbonyl (C=O) groups excluding carboxylic acids is 1. The van der Waals surface area contributed by atoms with E-state index in [9.17, 15) is 4.79 Å². The van der Waals surface area contributed by atoms with Crippen LogP contribution in [0.1, 0.15) is 34.1 Å². The van der Waals surface area contributed by atoms with Crippen LogP contribution in [0.2, 0.25) is 0 Å². The number of benzene rings is 2. The number of aromatic amines is 1.